The van der Waals surface area contributed by atoms with E-state index in [9.17, 15) is 9.59 Å². The van der Waals surface area contributed by atoms with Crippen molar-refractivity contribution in [2.75, 3.05) is 23.5 Å². The first kappa shape index (κ1) is 19.4. The number of esters is 1. The normalized spacial score (nSPS) is 10.5. The van der Waals surface area contributed by atoms with Crippen molar-refractivity contribution in [1.82, 2.24) is 19.9 Å². The smallest absolute Gasteiger partial charge is 0.340 e. The predicted octanol–water partition coefficient (Wildman–Crippen LogP) is 1.96. The maximum Gasteiger partial charge on any atom is 0.340 e. The van der Waals surface area contributed by atoms with E-state index in [2.05, 4.69) is 20.5 Å². The molecule has 0 saturated carbocycles. The van der Waals surface area contributed by atoms with Crippen LogP contribution >= 0.6 is 11.8 Å². The molecule has 0 unspecified atom stereocenters. The summed E-state index contributed by atoms with van der Waals surface area (Å²) in [5, 5.41) is 11.1. The molecule has 0 saturated heterocycles. The van der Waals surface area contributed by atoms with Crippen LogP contribution < -0.4 is 11.2 Å². The maximum atomic E-state index is 12.3. The average Bonchev–Trinajstić information content (AvgIpc) is 3.08. The molecule has 0 aliphatic heterocycles. The number of amides is 1. The lowest BCUT2D eigenvalue weighted by molar-refractivity contribution is -0.113. The molecule has 0 aliphatic rings. The minimum Gasteiger partial charge on any atom is -0.462 e. The molecule has 2 aromatic heterocycles. The second-order valence-corrected chi connectivity index (χ2v) is 6.46. The molecule has 3 aromatic rings. The highest BCUT2D eigenvalue weighted by molar-refractivity contribution is 7.99. The van der Waals surface area contributed by atoms with Gasteiger partial charge in [0.15, 0.2) is 5.82 Å². The molecule has 0 aliphatic carbocycles. The van der Waals surface area contributed by atoms with Crippen LogP contribution in [0.4, 0.5) is 5.69 Å². The van der Waals surface area contributed by atoms with Gasteiger partial charge in [0.1, 0.15) is 0 Å². The number of carbonyl (C=O) groups is 2. The van der Waals surface area contributed by atoms with E-state index in [0.717, 1.165) is 17.3 Å². The van der Waals surface area contributed by atoms with E-state index in [0.29, 0.717) is 22.2 Å². The topological polar surface area (TPSA) is 125 Å². The lowest BCUT2D eigenvalue weighted by atomic mass is 10.2. The number of ether oxygens (including phenoxy) is 1. The predicted molar refractivity (Wildman–Crippen MR) is 105 cm³/mol. The van der Waals surface area contributed by atoms with Crippen LogP contribution in [0.2, 0.25) is 0 Å². The van der Waals surface area contributed by atoms with E-state index in [-0.39, 0.29) is 18.3 Å². The fraction of sp³-hybridized carbons (Fsp3) is 0.167. The van der Waals surface area contributed by atoms with Gasteiger partial charge in [-0.15, -0.1) is 10.2 Å². The third kappa shape index (κ3) is 4.46. The summed E-state index contributed by atoms with van der Waals surface area (Å²) in [6.45, 7) is 1.97. The molecule has 0 atom stereocenters. The van der Waals surface area contributed by atoms with Crippen LogP contribution in [0.25, 0.3) is 11.4 Å². The molecule has 3 N–H and O–H groups in total. The molecule has 0 fully saturated rings. The summed E-state index contributed by atoms with van der Waals surface area (Å²) in [4.78, 5) is 28.3. The van der Waals surface area contributed by atoms with E-state index >= 15 is 0 Å². The first-order valence-corrected chi connectivity index (χ1v) is 9.38. The number of nitrogens with zero attached hydrogens (tertiary/aromatic N) is 4. The highest BCUT2D eigenvalue weighted by Crippen LogP contribution is 2.22. The van der Waals surface area contributed by atoms with Crippen LogP contribution in [-0.2, 0) is 9.53 Å². The van der Waals surface area contributed by atoms with Crippen molar-refractivity contribution in [3.63, 3.8) is 0 Å². The summed E-state index contributed by atoms with van der Waals surface area (Å²) in [5.41, 5.74) is 1.40. The number of pyridine rings is 1. The van der Waals surface area contributed by atoms with Crippen LogP contribution in [0, 0.1) is 0 Å². The number of aromatic nitrogens is 4. The molecular formula is C18H18N6O3S. The number of nitrogen functional groups attached to an aromatic ring is 1. The van der Waals surface area contributed by atoms with E-state index in [1.54, 1.807) is 49.6 Å². The molecule has 0 bridgehead atoms. The summed E-state index contributed by atoms with van der Waals surface area (Å²) < 4.78 is 6.31. The Bertz CT molecular complexity index is 976. The third-order valence-corrected chi connectivity index (χ3v) is 4.56. The van der Waals surface area contributed by atoms with Gasteiger partial charge in [-0.25, -0.2) is 9.47 Å². The van der Waals surface area contributed by atoms with Gasteiger partial charge in [0.25, 0.3) is 0 Å². The molecule has 0 radical (unpaired) electrons. The minimum atomic E-state index is -0.492. The van der Waals surface area contributed by atoms with Crippen molar-refractivity contribution in [3.8, 4) is 11.4 Å². The molecule has 9 nitrogen and oxygen atoms in total. The average molecular weight is 398 g/mol. The molecule has 0 spiro atoms. The molecule has 10 heteroatoms. The molecule has 1 aromatic carbocycles. The van der Waals surface area contributed by atoms with Crippen LogP contribution in [0.5, 0.6) is 0 Å². The zero-order valence-electron chi connectivity index (χ0n) is 15.0. The number of hydrogen-bond acceptors (Lipinski definition) is 8. The zero-order valence-corrected chi connectivity index (χ0v) is 15.8. The number of nitrogens with one attached hydrogen (secondary N) is 1. The third-order valence-electron chi connectivity index (χ3n) is 3.61. The van der Waals surface area contributed by atoms with Crippen LogP contribution in [0.15, 0.2) is 53.9 Å². The van der Waals surface area contributed by atoms with Crippen molar-refractivity contribution in [1.29, 1.82) is 0 Å². The molecular weight excluding hydrogens is 380 g/mol. The van der Waals surface area contributed by atoms with Gasteiger partial charge in [-0.05, 0) is 31.2 Å². The van der Waals surface area contributed by atoms with Crippen LogP contribution in [0.3, 0.4) is 0 Å². The summed E-state index contributed by atoms with van der Waals surface area (Å²) >= 11 is 1.13. The number of anilines is 1. The van der Waals surface area contributed by atoms with E-state index in [1.165, 1.54) is 4.68 Å². The Labute approximate surface area is 165 Å². The van der Waals surface area contributed by atoms with Gasteiger partial charge >= 0.3 is 5.97 Å². The molecule has 144 valence electrons. The Hall–Kier alpha value is -3.40. The Morgan fingerprint density at radius 1 is 1.21 bits per heavy atom. The molecule has 3 rings (SSSR count). The van der Waals surface area contributed by atoms with Crippen molar-refractivity contribution < 1.29 is 14.3 Å². The van der Waals surface area contributed by atoms with Crippen molar-refractivity contribution in [3.05, 3.63) is 54.4 Å². The first-order valence-electron chi connectivity index (χ1n) is 8.39. The van der Waals surface area contributed by atoms with Crippen molar-refractivity contribution in [2.24, 2.45) is 0 Å². The van der Waals surface area contributed by atoms with Gasteiger partial charge in [-0.1, -0.05) is 23.9 Å². The quantitative estimate of drug-likeness (QED) is 0.351. The first-order chi connectivity index (χ1) is 13.6. The minimum absolute atomic E-state index is 0.0412. The number of benzene rings is 1. The molecule has 2 heterocycles. The molecule has 28 heavy (non-hydrogen) atoms. The Balaban J connectivity index is 1.65. The van der Waals surface area contributed by atoms with Crippen molar-refractivity contribution in [2.45, 2.75) is 12.1 Å². The van der Waals surface area contributed by atoms with Crippen LogP contribution in [0.1, 0.15) is 17.3 Å². The van der Waals surface area contributed by atoms with Crippen molar-refractivity contribution >= 4 is 29.3 Å². The summed E-state index contributed by atoms with van der Waals surface area (Å²) in [6, 6.07) is 10.2. The fourth-order valence-electron chi connectivity index (χ4n) is 2.36. The number of rotatable bonds is 7. The summed E-state index contributed by atoms with van der Waals surface area (Å²) in [7, 11) is 0. The van der Waals surface area contributed by atoms with E-state index < -0.39 is 5.97 Å². The van der Waals surface area contributed by atoms with Gasteiger partial charge in [0.2, 0.25) is 11.1 Å². The Morgan fingerprint density at radius 3 is 2.79 bits per heavy atom. The summed E-state index contributed by atoms with van der Waals surface area (Å²) in [6.07, 6.45) is 3.27. The van der Waals surface area contributed by atoms with Crippen LogP contribution in [-0.4, -0.2) is 44.1 Å². The Morgan fingerprint density at radius 2 is 2.04 bits per heavy atom. The van der Waals surface area contributed by atoms with E-state index in [4.69, 9.17) is 10.6 Å². The lowest BCUT2D eigenvalue weighted by Crippen LogP contribution is -2.18. The number of hydrogen-bond donors (Lipinski definition) is 2. The fourth-order valence-corrected chi connectivity index (χ4v) is 3.02. The highest BCUT2D eigenvalue weighted by atomic mass is 32.2. The number of carbonyl (C=O) groups excluding carboxylic acids is 2. The SMILES string of the molecule is CCOC(=O)c1ccccc1NC(=O)CSc1nnc(-c2cccnc2)n1N. The standard InChI is InChI=1S/C18H18N6O3S/c1-2-27-17(26)13-7-3-4-8-14(13)21-15(25)11-28-18-23-22-16(24(18)19)12-6-5-9-20-10-12/h3-10H,2,11,19H2,1H3,(H,21,25). The summed E-state index contributed by atoms with van der Waals surface area (Å²) in [5.74, 6) is 5.71. The van der Waals surface area contributed by atoms with Gasteiger partial charge in [-0.3, -0.25) is 9.78 Å². The Kier molecular flexibility index (Phi) is 6.22. The molecule has 1 amide bonds. The number of thioether (sulfide) groups is 1. The highest BCUT2D eigenvalue weighted by Gasteiger charge is 2.16. The van der Waals surface area contributed by atoms with E-state index in [1.807, 2.05) is 6.07 Å². The second kappa shape index (κ2) is 9.00. The van der Waals surface area contributed by atoms with Gasteiger partial charge in [0.05, 0.1) is 23.6 Å². The number of para-hydroxylation sites is 1. The lowest BCUT2D eigenvalue weighted by Gasteiger charge is -2.10. The van der Waals surface area contributed by atoms with Gasteiger partial charge in [0, 0.05) is 18.0 Å². The largest absolute Gasteiger partial charge is 0.462 e. The second-order valence-electron chi connectivity index (χ2n) is 5.52. The zero-order chi connectivity index (χ0) is 19.9. The maximum absolute atomic E-state index is 12.3. The van der Waals surface area contributed by atoms with Gasteiger partial charge in [-0.2, -0.15) is 0 Å². The number of nitrogens with two attached hydrogens (primary N) is 1. The monoisotopic (exact) mass is 398 g/mol. The van der Waals surface area contributed by atoms with Gasteiger partial charge < -0.3 is 15.9 Å².